The van der Waals surface area contributed by atoms with E-state index < -0.39 is 11.9 Å². The zero-order valence-corrected chi connectivity index (χ0v) is 21.8. The number of hydrogen-bond donors (Lipinski definition) is 4. The van der Waals surface area contributed by atoms with Crippen LogP contribution in [-0.2, 0) is 0 Å². The van der Waals surface area contributed by atoms with Crippen molar-refractivity contribution in [3.63, 3.8) is 0 Å². The molecule has 1 fully saturated rings. The average molecular weight is 536 g/mol. The molecule has 0 saturated carbocycles. The Morgan fingerprint density at radius 1 is 1.02 bits per heavy atom. The SMILES string of the molecule is NC1CCN(c2ccc(-c3cc(C(=O)NC(c4cc5ccccc5[nH]4)c4cc(F)ccc4O)ccn3)cc2)CC1. The number of piperidine rings is 1. The first-order valence-electron chi connectivity index (χ1n) is 13.4. The second-order valence-electron chi connectivity index (χ2n) is 10.2. The molecule has 1 atom stereocenters. The van der Waals surface area contributed by atoms with Crippen LogP contribution in [0.1, 0.15) is 40.5 Å². The van der Waals surface area contributed by atoms with Gasteiger partial charge in [0.1, 0.15) is 11.6 Å². The Morgan fingerprint density at radius 3 is 2.58 bits per heavy atom. The van der Waals surface area contributed by atoms with Gasteiger partial charge < -0.3 is 26.0 Å². The molecule has 202 valence electrons. The van der Waals surface area contributed by atoms with E-state index in [1.165, 1.54) is 18.2 Å². The van der Waals surface area contributed by atoms with E-state index in [0.29, 0.717) is 17.0 Å². The van der Waals surface area contributed by atoms with E-state index in [4.69, 9.17) is 5.73 Å². The average Bonchev–Trinajstić information content (AvgIpc) is 3.42. The van der Waals surface area contributed by atoms with E-state index in [0.717, 1.165) is 48.1 Å². The summed E-state index contributed by atoms with van der Waals surface area (Å²) in [6.07, 6.45) is 3.56. The maximum Gasteiger partial charge on any atom is 0.252 e. The van der Waals surface area contributed by atoms with Crippen LogP contribution in [0, 0.1) is 5.82 Å². The largest absolute Gasteiger partial charge is 0.508 e. The van der Waals surface area contributed by atoms with Gasteiger partial charge in [-0.15, -0.1) is 0 Å². The molecule has 1 amide bonds. The molecule has 3 aromatic carbocycles. The fraction of sp³-hybridized carbons (Fsp3) is 0.188. The Hall–Kier alpha value is -4.69. The lowest BCUT2D eigenvalue weighted by Gasteiger charge is -2.32. The van der Waals surface area contributed by atoms with Gasteiger partial charge in [0, 0.05) is 58.9 Å². The minimum absolute atomic E-state index is 0.114. The summed E-state index contributed by atoms with van der Waals surface area (Å²) in [5, 5.41) is 14.5. The second-order valence-corrected chi connectivity index (χ2v) is 10.2. The normalized spacial score (nSPS) is 14.8. The van der Waals surface area contributed by atoms with Crippen molar-refractivity contribution < 1.29 is 14.3 Å². The number of fused-ring (bicyclic) bond motifs is 1. The monoisotopic (exact) mass is 535 g/mol. The van der Waals surface area contributed by atoms with E-state index in [1.54, 1.807) is 18.3 Å². The molecule has 1 saturated heterocycles. The third kappa shape index (κ3) is 5.26. The topological polar surface area (TPSA) is 107 Å². The number of amides is 1. The van der Waals surface area contributed by atoms with Crippen LogP contribution < -0.4 is 16.0 Å². The first kappa shape index (κ1) is 25.6. The number of H-pyrrole nitrogens is 1. The van der Waals surface area contributed by atoms with Gasteiger partial charge in [0.15, 0.2) is 0 Å². The summed E-state index contributed by atoms with van der Waals surface area (Å²) >= 11 is 0. The summed E-state index contributed by atoms with van der Waals surface area (Å²) < 4.78 is 14.2. The summed E-state index contributed by atoms with van der Waals surface area (Å²) in [5.41, 5.74) is 10.9. The third-order valence-corrected chi connectivity index (χ3v) is 7.53. The number of rotatable bonds is 6. The minimum atomic E-state index is -0.816. The Labute approximate surface area is 231 Å². The van der Waals surface area contributed by atoms with Crippen molar-refractivity contribution in [3.8, 4) is 17.0 Å². The second kappa shape index (κ2) is 10.8. The minimum Gasteiger partial charge on any atom is -0.508 e. The number of aromatic nitrogens is 2. The van der Waals surface area contributed by atoms with Gasteiger partial charge in [-0.1, -0.05) is 30.3 Å². The Morgan fingerprint density at radius 2 is 1.80 bits per heavy atom. The summed E-state index contributed by atoms with van der Waals surface area (Å²) in [7, 11) is 0. The van der Waals surface area contributed by atoms with Crippen molar-refractivity contribution in [3.05, 3.63) is 114 Å². The van der Waals surface area contributed by atoms with Gasteiger partial charge in [-0.25, -0.2) is 4.39 Å². The van der Waals surface area contributed by atoms with Crippen LogP contribution in [0.2, 0.25) is 0 Å². The quantitative estimate of drug-likeness (QED) is 0.229. The van der Waals surface area contributed by atoms with Crippen LogP contribution in [0.5, 0.6) is 5.75 Å². The number of carbonyl (C=O) groups excluding carboxylic acids is 1. The number of aromatic amines is 1. The summed E-state index contributed by atoms with van der Waals surface area (Å²) in [6, 6.07) is 24.3. The van der Waals surface area contributed by atoms with Crippen molar-refractivity contribution in [1.29, 1.82) is 0 Å². The van der Waals surface area contributed by atoms with E-state index >= 15 is 0 Å². The lowest BCUT2D eigenvalue weighted by Crippen LogP contribution is -2.39. The predicted octanol–water partition coefficient (Wildman–Crippen LogP) is 5.52. The van der Waals surface area contributed by atoms with E-state index in [9.17, 15) is 14.3 Å². The fourth-order valence-electron chi connectivity index (χ4n) is 5.28. The third-order valence-electron chi connectivity index (χ3n) is 7.53. The number of halogens is 1. The maximum absolute atomic E-state index is 14.2. The number of aromatic hydroxyl groups is 1. The van der Waals surface area contributed by atoms with Gasteiger partial charge >= 0.3 is 0 Å². The molecule has 0 aliphatic carbocycles. The van der Waals surface area contributed by atoms with Crippen molar-refractivity contribution in [2.75, 3.05) is 18.0 Å². The number of hydrogen-bond acceptors (Lipinski definition) is 5. The molecule has 1 aliphatic heterocycles. The molecule has 6 rings (SSSR count). The van der Waals surface area contributed by atoms with Crippen LogP contribution in [0.15, 0.2) is 91.1 Å². The predicted molar refractivity (Wildman–Crippen MR) is 155 cm³/mol. The number of phenolic OH excluding ortho intramolecular Hbond substituents is 1. The Balaban J connectivity index is 1.27. The zero-order chi connectivity index (χ0) is 27.6. The molecular weight excluding hydrogens is 505 g/mol. The summed E-state index contributed by atoms with van der Waals surface area (Å²) in [4.78, 5) is 23.7. The summed E-state index contributed by atoms with van der Waals surface area (Å²) in [6.45, 7) is 1.87. The van der Waals surface area contributed by atoms with Crippen molar-refractivity contribution in [2.45, 2.75) is 24.9 Å². The molecule has 1 unspecified atom stereocenters. The summed E-state index contributed by atoms with van der Waals surface area (Å²) in [5.74, 6) is -1.00. The van der Waals surface area contributed by atoms with Crippen LogP contribution in [0.3, 0.4) is 0 Å². The molecule has 0 bridgehead atoms. The van der Waals surface area contributed by atoms with Gasteiger partial charge in [-0.3, -0.25) is 9.78 Å². The highest BCUT2D eigenvalue weighted by Gasteiger charge is 2.24. The van der Waals surface area contributed by atoms with Crippen LogP contribution in [0.25, 0.3) is 22.2 Å². The van der Waals surface area contributed by atoms with Crippen molar-refractivity contribution >= 4 is 22.5 Å². The Kier molecular flexibility index (Phi) is 6.92. The fourth-order valence-corrected chi connectivity index (χ4v) is 5.28. The number of pyridine rings is 1. The number of anilines is 1. The van der Waals surface area contributed by atoms with E-state index in [-0.39, 0.29) is 23.3 Å². The highest BCUT2D eigenvalue weighted by atomic mass is 19.1. The number of nitrogens with zero attached hydrogens (tertiary/aromatic N) is 2. The van der Waals surface area contributed by atoms with Gasteiger partial charge in [0.2, 0.25) is 0 Å². The number of para-hydroxylation sites is 1. The Bertz CT molecular complexity index is 1630. The number of benzene rings is 3. The smallest absolute Gasteiger partial charge is 0.252 e. The lowest BCUT2D eigenvalue weighted by atomic mass is 10.0. The highest BCUT2D eigenvalue weighted by molar-refractivity contribution is 5.95. The number of nitrogens with two attached hydrogens (primary N) is 1. The number of phenols is 1. The standard InChI is InChI=1S/C32H30FN5O2/c33-23-7-10-30(39)26(19-23)31(29-17-21-3-1-2-4-27(21)36-29)37-32(40)22-11-14-35-28(18-22)20-5-8-25(9-6-20)38-15-12-24(34)13-16-38/h1-11,14,17-19,24,31,36,39H,12-13,15-16,34H2,(H,37,40). The van der Waals surface area contributed by atoms with Gasteiger partial charge in [-0.2, -0.15) is 0 Å². The molecular formula is C32H30FN5O2. The van der Waals surface area contributed by atoms with Gasteiger partial charge in [0.05, 0.1) is 11.7 Å². The zero-order valence-electron chi connectivity index (χ0n) is 21.8. The number of nitrogens with one attached hydrogen (secondary N) is 2. The van der Waals surface area contributed by atoms with E-state index in [1.807, 2.05) is 42.5 Å². The van der Waals surface area contributed by atoms with Gasteiger partial charge in [-0.05, 0) is 72.8 Å². The molecule has 8 heteroatoms. The molecule has 0 spiro atoms. The first-order chi connectivity index (χ1) is 19.4. The van der Waals surface area contributed by atoms with Crippen molar-refractivity contribution in [2.24, 2.45) is 5.73 Å². The van der Waals surface area contributed by atoms with E-state index in [2.05, 4.69) is 32.3 Å². The number of carbonyl (C=O) groups is 1. The highest BCUT2D eigenvalue weighted by Crippen LogP contribution is 2.32. The lowest BCUT2D eigenvalue weighted by molar-refractivity contribution is 0.0942. The molecule has 5 N–H and O–H groups in total. The van der Waals surface area contributed by atoms with Crippen LogP contribution >= 0.6 is 0 Å². The molecule has 5 aromatic rings. The molecule has 7 nitrogen and oxygen atoms in total. The molecule has 3 heterocycles. The molecule has 0 radical (unpaired) electrons. The van der Waals surface area contributed by atoms with Crippen LogP contribution in [0.4, 0.5) is 10.1 Å². The molecule has 40 heavy (non-hydrogen) atoms. The molecule has 1 aliphatic rings. The van der Waals surface area contributed by atoms with Gasteiger partial charge in [0.25, 0.3) is 5.91 Å². The van der Waals surface area contributed by atoms with Crippen LogP contribution in [-0.4, -0.2) is 40.1 Å². The molecule has 2 aromatic heterocycles. The van der Waals surface area contributed by atoms with Crippen molar-refractivity contribution in [1.82, 2.24) is 15.3 Å². The maximum atomic E-state index is 14.2. The first-order valence-corrected chi connectivity index (χ1v) is 13.4.